The van der Waals surface area contributed by atoms with Crippen LogP contribution in [-0.2, 0) is 9.59 Å². The predicted octanol–water partition coefficient (Wildman–Crippen LogP) is 4.80. The standard InChI is InChI=1S/C21H27NO2/c1-15(17(3)23)8-4-7-11-21(24)22-16(2)19-13-12-18-9-5-6-10-20(18)14-19/h5-6,9-10,12-16H,4,7-8,11H2,1-3H3,(H,22,24)/t15-,16+/m0/s1. The molecule has 2 aromatic carbocycles. The van der Waals surface area contributed by atoms with Gasteiger partial charge in [0.15, 0.2) is 0 Å². The van der Waals surface area contributed by atoms with Gasteiger partial charge in [0.05, 0.1) is 6.04 Å². The average Bonchev–Trinajstić information content (AvgIpc) is 2.57. The van der Waals surface area contributed by atoms with Crippen LogP contribution in [0.15, 0.2) is 42.5 Å². The minimum Gasteiger partial charge on any atom is -0.350 e. The van der Waals surface area contributed by atoms with Crippen molar-refractivity contribution in [3.05, 3.63) is 48.0 Å². The van der Waals surface area contributed by atoms with E-state index in [9.17, 15) is 9.59 Å². The number of nitrogens with one attached hydrogen (secondary N) is 1. The van der Waals surface area contributed by atoms with E-state index in [1.54, 1.807) is 6.92 Å². The molecule has 0 bridgehead atoms. The van der Waals surface area contributed by atoms with E-state index >= 15 is 0 Å². The first-order valence-electron chi connectivity index (χ1n) is 8.76. The van der Waals surface area contributed by atoms with Crippen LogP contribution in [0.3, 0.4) is 0 Å². The number of carbonyl (C=O) groups excluding carboxylic acids is 2. The van der Waals surface area contributed by atoms with Crippen LogP contribution in [-0.4, -0.2) is 11.7 Å². The van der Waals surface area contributed by atoms with Crippen LogP contribution < -0.4 is 5.32 Å². The lowest BCUT2D eigenvalue weighted by Gasteiger charge is -2.15. The minimum atomic E-state index is -0.00162. The van der Waals surface area contributed by atoms with Crippen molar-refractivity contribution in [2.45, 2.75) is 52.5 Å². The summed E-state index contributed by atoms with van der Waals surface area (Å²) in [4.78, 5) is 23.3. The average molecular weight is 325 g/mol. The van der Waals surface area contributed by atoms with Crippen molar-refractivity contribution < 1.29 is 9.59 Å². The number of unbranched alkanes of at least 4 members (excludes halogenated alkanes) is 1. The summed E-state index contributed by atoms with van der Waals surface area (Å²) in [6.45, 7) is 5.59. The molecule has 0 radical (unpaired) electrons. The number of Topliss-reactive ketones (excluding diaryl/α,β-unsaturated/α-hetero) is 1. The summed E-state index contributed by atoms with van der Waals surface area (Å²) in [5.74, 6) is 0.403. The van der Waals surface area contributed by atoms with Crippen molar-refractivity contribution in [2.75, 3.05) is 0 Å². The van der Waals surface area contributed by atoms with Crippen LogP contribution in [0.1, 0.15) is 58.1 Å². The van der Waals surface area contributed by atoms with Gasteiger partial charge in [-0.3, -0.25) is 9.59 Å². The molecule has 2 aromatic rings. The molecule has 0 aliphatic rings. The van der Waals surface area contributed by atoms with Crippen molar-refractivity contribution >= 4 is 22.5 Å². The molecule has 3 heteroatoms. The third kappa shape index (κ3) is 5.19. The maximum Gasteiger partial charge on any atom is 0.220 e. The van der Waals surface area contributed by atoms with E-state index in [-0.39, 0.29) is 23.7 Å². The molecule has 2 atom stereocenters. The van der Waals surface area contributed by atoms with Gasteiger partial charge in [-0.05, 0) is 49.1 Å². The van der Waals surface area contributed by atoms with Gasteiger partial charge in [0.1, 0.15) is 5.78 Å². The molecule has 0 aliphatic carbocycles. The number of amides is 1. The van der Waals surface area contributed by atoms with Gasteiger partial charge >= 0.3 is 0 Å². The molecule has 128 valence electrons. The Hall–Kier alpha value is -2.16. The smallest absolute Gasteiger partial charge is 0.220 e. The normalized spacial score (nSPS) is 13.5. The highest BCUT2D eigenvalue weighted by molar-refractivity contribution is 5.83. The molecule has 0 saturated carbocycles. The number of hydrogen-bond donors (Lipinski definition) is 1. The highest BCUT2D eigenvalue weighted by Gasteiger charge is 2.11. The number of ketones is 1. The minimum absolute atomic E-state index is 0.00162. The van der Waals surface area contributed by atoms with Gasteiger partial charge in [-0.15, -0.1) is 0 Å². The zero-order chi connectivity index (χ0) is 17.5. The molecule has 2 rings (SSSR count). The van der Waals surface area contributed by atoms with Gasteiger partial charge in [0, 0.05) is 12.3 Å². The first-order chi connectivity index (χ1) is 11.5. The Morgan fingerprint density at radius 1 is 1.00 bits per heavy atom. The second-order valence-corrected chi connectivity index (χ2v) is 6.65. The molecule has 24 heavy (non-hydrogen) atoms. The predicted molar refractivity (Wildman–Crippen MR) is 98.8 cm³/mol. The summed E-state index contributed by atoms with van der Waals surface area (Å²) in [6.07, 6.45) is 3.12. The van der Waals surface area contributed by atoms with Crippen molar-refractivity contribution in [1.29, 1.82) is 0 Å². The van der Waals surface area contributed by atoms with Gasteiger partial charge in [-0.1, -0.05) is 49.7 Å². The first-order valence-corrected chi connectivity index (χ1v) is 8.76. The quantitative estimate of drug-likeness (QED) is 0.708. The topological polar surface area (TPSA) is 46.2 Å². The summed E-state index contributed by atoms with van der Waals surface area (Å²) in [5, 5.41) is 5.46. The Balaban J connectivity index is 1.81. The van der Waals surface area contributed by atoms with Crippen LogP contribution in [0.25, 0.3) is 10.8 Å². The van der Waals surface area contributed by atoms with Gasteiger partial charge in [0.25, 0.3) is 0 Å². The molecule has 0 unspecified atom stereocenters. The summed E-state index contributed by atoms with van der Waals surface area (Å²) in [5.41, 5.74) is 1.12. The highest BCUT2D eigenvalue weighted by Crippen LogP contribution is 2.20. The van der Waals surface area contributed by atoms with Crippen LogP contribution in [0.5, 0.6) is 0 Å². The van der Waals surface area contributed by atoms with E-state index < -0.39 is 0 Å². The monoisotopic (exact) mass is 325 g/mol. The molecule has 0 spiro atoms. The van der Waals surface area contributed by atoms with E-state index in [1.165, 1.54) is 10.8 Å². The van der Waals surface area contributed by atoms with Crippen LogP contribution >= 0.6 is 0 Å². The molecule has 1 N–H and O–H groups in total. The first kappa shape index (κ1) is 18.2. The maximum atomic E-state index is 12.1. The number of rotatable bonds is 8. The molecule has 1 amide bonds. The zero-order valence-corrected chi connectivity index (χ0v) is 14.8. The Morgan fingerprint density at radius 3 is 2.42 bits per heavy atom. The lowest BCUT2D eigenvalue weighted by atomic mass is 9.99. The molecule has 0 fully saturated rings. The molecular weight excluding hydrogens is 298 g/mol. The van der Waals surface area contributed by atoms with Crippen molar-refractivity contribution in [3.63, 3.8) is 0 Å². The SMILES string of the molecule is CC(=O)[C@@H](C)CCCCC(=O)N[C@H](C)c1ccc2ccccc2c1. The Bertz CT molecular complexity index is 708. The third-order valence-corrected chi connectivity index (χ3v) is 4.64. The summed E-state index contributed by atoms with van der Waals surface area (Å²) < 4.78 is 0. The fraction of sp³-hybridized carbons (Fsp3) is 0.429. The van der Waals surface area contributed by atoms with E-state index in [0.717, 1.165) is 24.8 Å². The van der Waals surface area contributed by atoms with Gasteiger partial charge in [-0.25, -0.2) is 0 Å². The van der Waals surface area contributed by atoms with Crippen LogP contribution in [0.4, 0.5) is 0 Å². The van der Waals surface area contributed by atoms with Gasteiger partial charge in [0.2, 0.25) is 5.91 Å². The molecule has 0 aromatic heterocycles. The fourth-order valence-corrected chi connectivity index (χ4v) is 2.81. The molecule has 0 saturated heterocycles. The second kappa shape index (κ2) is 8.62. The molecule has 0 aliphatic heterocycles. The zero-order valence-electron chi connectivity index (χ0n) is 14.8. The Morgan fingerprint density at radius 2 is 1.71 bits per heavy atom. The number of carbonyl (C=O) groups is 2. The highest BCUT2D eigenvalue weighted by atomic mass is 16.1. The Kier molecular flexibility index (Phi) is 6.53. The van der Waals surface area contributed by atoms with Crippen molar-refractivity contribution in [3.8, 4) is 0 Å². The largest absolute Gasteiger partial charge is 0.350 e. The van der Waals surface area contributed by atoms with E-state index in [2.05, 4.69) is 35.6 Å². The van der Waals surface area contributed by atoms with Crippen LogP contribution in [0.2, 0.25) is 0 Å². The maximum absolute atomic E-state index is 12.1. The van der Waals surface area contributed by atoms with Crippen LogP contribution in [0, 0.1) is 5.92 Å². The summed E-state index contributed by atoms with van der Waals surface area (Å²) >= 11 is 0. The van der Waals surface area contributed by atoms with E-state index in [1.807, 2.05) is 26.0 Å². The van der Waals surface area contributed by atoms with E-state index in [0.29, 0.717) is 6.42 Å². The van der Waals surface area contributed by atoms with Crippen molar-refractivity contribution in [2.24, 2.45) is 5.92 Å². The number of hydrogen-bond acceptors (Lipinski definition) is 2. The molecular formula is C21H27NO2. The number of fused-ring (bicyclic) bond motifs is 1. The Labute approximate surface area is 144 Å². The van der Waals surface area contributed by atoms with Gasteiger partial charge < -0.3 is 5.32 Å². The summed E-state index contributed by atoms with van der Waals surface area (Å²) in [7, 11) is 0. The number of benzene rings is 2. The third-order valence-electron chi connectivity index (χ3n) is 4.64. The van der Waals surface area contributed by atoms with Crippen molar-refractivity contribution in [1.82, 2.24) is 5.32 Å². The fourth-order valence-electron chi connectivity index (χ4n) is 2.81. The van der Waals surface area contributed by atoms with E-state index in [4.69, 9.17) is 0 Å². The molecule has 0 heterocycles. The second-order valence-electron chi connectivity index (χ2n) is 6.65. The lowest BCUT2D eigenvalue weighted by Crippen LogP contribution is -2.26. The molecule has 3 nitrogen and oxygen atoms in total. The van der Waals surface area contributed by atoms with Gasteiger partial charge in [-0.2, -0.15) is 0 Å². The lowest BCUT2D eigenvalue weighted by molar-refractivity contribution is -0.121. The summed E-state index contributed by atoms with van der Waals surface area (Å²) in [6, 6.07) is 14.5.